The van der Waals surface area contributed by atoms with Gasteiger partial charge in [-0.25, -0.2) is 4.98 Å². The summed E-state index contributed by atoms with van der Waals surface area (Å²) in [5.74, 6) is 0.964. The fraction of sp³-hybridized carbons (Fsp3) is 0.211. The first-order valence-electron chi connectivity index (χ1n) is 8.41. The summed E-state index contributed by atoms with van der Waals surface area (Å²) in [6.45, 7) is 4.49. The molecule has 0 unspecified atom stereocenters. The van der Waals surface area contributed by atoms with E-state index in [1.807, 2.05) is 40.2 Å². The van der Waals surface area contributed by atoms with Gasteiger partial charge >= 0.3 is 0 Å². The maximum atomic E-state index is 4.56. The summed E-state index contributed by atoms with van der Waals surface area (Å²) < 4.78 is 6.02. The molecule has 4 rings (SSSR count). The van der Waals surface area contributed by atoms with Gasteiger partial charge in [0.25, 0.3) is 0 Å². The lowest BCUT2D eigenvalue weighted by Gasteiger charge is -2.09. The van der Waals surface area contributed by atoms with Gasteiger partial charge in [0.2, 0.25) is 0 Å². The molecule has 0 bridgehead atoms. The van der Waals surface area contributed by atoms with Crippen molar-refractivity contribution in [3.05, 3.63) is 78.6 Å². The minimum absolute atomic E-state index is 0.755. The van der Waals surface area contributed by atoms with Crippen molar-refractivity contribution in [2.24, 2.45) is 0 Å². The van der Waals surface area contributed by atoms with Crippen molar-refractivity contribution in [2.45, 2.75) is 26.6 Å². The number of nitrogens with zero attached hydrogens (tertiary/aromatic N) is 6. The highest BCUT2D eigenvalue weighted by Crippen LogP contribution is 2.20. The highest BCUT2D eigenvalue weighted by atomic mass is 15.3. The van der Waals surface area contributed by atoms with E-state index in [9.17, 15) is 0 Å². The van der Waals surface area contributed by atoms with Gasteiger partial charge in [0.05, 0.1) is 19.3 Å². The predicted molar refractivity (Wildman–Crippen MR) is 96.0 cm³/mol. The molecule has 0 aliphatic heterocycles. The first kappa shape index (κ1) is 15.4. The zero-order valence-electron chi connectivity index (χ0n) is 14.2. The van der Waals surface area contributed by atoms with E-state index in [0.29, 0.717) is 0 Å². The van der Waals surface area contributed by atoms with E-state index in [1.54, 1.807) is 6.20 Å². The van der Waals surface area contributed by atoms with E-state index in [2.05, 4.69) is 57.1 Å². The Morgan fingerprint density at radius 2 is 1.88 bits per heavy atom. The van der Waals surface area contributed by atoms with Crippen molar-refractivity contribution >= 4 is 0 Å². The first-order chi connectivity index (χ1) is 12.3. The number of aromatic nitrogens is 6. The maximum absolute atomic E-state index is 4.56. The molecule has 0 spiro atoms. The largest absolute Gasteiger partial charge is 0.326 e. The second kappa shape index (κ2) is 6.76. The molecule has 6 heteroatoms. The molecule has 6 nitrogen and oxygen atoms in total. The van der Waals surface area contributed by atoms with Crippen LogP contribution in [-0.4, -0.2) is 29.1 Å². The lowest BCUT2D eigenvalue weighted by atomic mass is 10.1. The zero-order chi connectivity index (χ0) is 17.1. The molecule has 0 aliphatic rings. The molecule has 3 heterocycles. The number of imidazole rings is 1. The Morgan fingerprint density at radius 1 is 0.920 bits per heavy atom. The van der Waals surface area contributed by atoms with E-state index < -0.39 is 0 Å². The van der Waals surface area contributed by atoms with Crippen LogP contribution >= 0.6 is 0 Å². The number of benzene rings is 1. The maximum Gasteiger partial charge on any atom is 0.140 e. The van der Waals surface area contributed by atoms with Crippen molar-refractivity contribution in [1.82, 2.24) is 29.1 Å². The van der Waals surface area contributed by atoms with Gasteiger partial charge in [-0.15, -0.1) is 0 Å². The third-order valence-corrected chi connectivity index (χ3v) is 4.17. The summed E-state index contributed by atoms with van der Waals surface area (Å²) in [5, 5.41) is 8.62. The van der Waals surface area contributed by atoms with E-state index in [4.69, 9.17) is 0 Å². The molecular weight excluding hydrogens is 312 g/mol. The number of hydrogen-bond donors (Lipinski definition) is 0. The average molecular weight is 332 g/mol. The fourth-order valence-corrected chi connectivity index (χ4v) is 2.94. The summed E-state index contributed by atoms with van der Waals surface area (Å²) in [7, 11) is 0. The Hall–Kier alpha value is -3.15. The Labute approximate surface area is 146 Å². The molecule has 0 saturated carbocycles. The van der Waals surface area contributed by atoms with Crippen LogP contribution in [0.2, 0.25) is 0 Å². The normalized spacial score (nSPS) is 11.1. The third-order valence-electron chi connectivity index (χ3n) is 4.17. The Balaban J connectivity index is 1.59. The molecule has 0 atom stereocenters. The van der Waals surface area contributed by atoms with Crippen molar-refractivity contribution in [3.8, 4) is 11.4 Å². The van der Waals surface area contributed by atoms with Crippen LogP contribution in [0.15, 0.2) is 67.5 Å². The molecule has 0 fully saturated rings. The molecule has 126 valence electrons. The number of rotatable bonds is 6. The molecule has 1 aromatic carbocycles. The fourth-order valence-electron chi connectivity index (χ4n) is 2.94. The quantitative estimate of drug-likeness (QED) is 0.545. The molecule has 0 aliphatic carbocycles. The number of aryl methyl sites for hydroxylation is 1. The summed E-state index contributed by atoms with van der Waals surface area (Å²) in [6.07, 6.45) is 11.6. The SMILES string of the molecule is CCn1cc(Cn2ccnc2-c2cccc(Cn3cccn3)c2)cn1. The summed E-state index contributed by atoms with van der Waals surface area (Å²) in [5.41, 5.74) is 3.49. The number of hydrogen-bond acceptors (Lipinski definition) is 3. The van der Waals surface area contributed by atoms with Crippen molar-refractivity contribution in [2.75, 3.05) is 0 Å². The van der Waals surface area contributed by atoms with Crippen LogP contribution in [-0.2, 0) is 19.6 Å². The molecule has 0 N–H and O–H groups in total. The van der Waals surface area contributed by atoms with Crippen LogP contribution in [0.1, 0.15) is 18.1 Å². The molecule has 0 radical (unpaired) electrons. The molecule has 0 saturated heterocycles. The smallest absolute Gasteiger partial charge is 0.140 e. The van der Waals surface area contributed by atoms with Gasteiger partial charge < -0.3 is 4.57 Å². The Bertz CT molecular complexity index is 948. The highest BCUT2D eigenvalue weighted by Gasteiger charge is 2.08. The summed E-state index contributed by atoms with van der Waals surface area (Å²) in [4.78, 5) is 4.56. The highest BCUT2D eigenvalue weighted by molar-refractivity contribution is 5.57. The molecule has 4 aromatic rings. The molecule has 3 aromatic heterocycles. The van der Waals surface area contributed by atoms with Gasteiger partial charge in [0.1, 0.15) is 5.82 Å². The van der Waals surface area contributed by atoms with E-state index in [1.165, 1.54) is 11.1 Å². The molecular formula is C19H20N6. The van der Waals surface area contributed by atoms with Crippen molar-refractivity contribution < 1.29 is 0 Å². The Kier molecular flexibility index (Phi) is 4.16. The van der Waals surface area contributed by atoms with Crippen molar-refractivity contribution in [1.29, 1.82) is 0 Å². The molecule has 0 amide bonds. The molecule has 25 heavy (non-hydrogen) atoms. The predicted octanol–water partition coefficient (Wildman–Crippen LogP) is 3.06. The van der Waals surface area contributed by atoms with Crippen LogP contribution in [0.4, 0.5) is 0 Å². The summed E-state index contributed by atoms with van der Waals surface area (Å²) in [6, 6.07) is 10.4. The van der Waals surface area contributed by atoms with Crippen molar-refractivity contribution in [3.63, 3.8) is 0 Å². The average Bonchev–Trinajstić information content (AvgIpc) is 3.37. The van der Waals surface area contributed by atoms with E-state index in [0.717, 1.165) is 31.0 Å². The second-order valence-corrected chi connectivity index (χ2v) is 5.99. The van der Waals surface area contributed by atoms with Crippen LogP contribution in [0.25, 0.3) is 11.4 Å². The first-order valence-corrected chi connectivity index (χ1v) is 8.41. The lowest BCUT2D eigenvalue weighted by molar-refractivity contribution is 0.658. The topological polar surface area (TPSA) is 53.5 Å². The minimum Gasteiger partial charge on any atom is -0.326 e. The minimum atomic E-state index is 0.755. The van der Waals surface area contributed by atoms with E-state index >= 15 is 0 Å². The Morgan fingerprint density at radius 3 is 2.68 bits per heavy atom. The van der Waals surface area contributed by atoms with E-state index in [-0.39, 0.29) is 0 Å². The van der Waals surface area contributed by atoms with Gasteiger partial charge in [-0.1, -0.05) is 18.2 Å². The summed E-state index contributed by atoms with van der Waals surface area (Å²) >= 11 is 0. The standard InChI is InChI=1S/C19H20N6/c1-2-24-15-17(12-22-24)13-23-10-8-20-19(23)18-6-3-5-16(11-18)14-25-9-4-7-21-25/h3-12,15H,2,13-14H2,1H3. The lowest BCUT2D eigenvalue weighted by Crippen LogP contribution is -2.02. The third kappa shape index (κ3) is 3.38. The van der Waals surface area contributed by atoms with Crippen LogP contribution < -0.4 is 0 Å². The second-order valence-electron chi connectivity index (χ2n) is 5.99. The monoisotopic (exact) mass is 332 g/mol. The van der Waals surface area contributed by atoms with Gasteiger partial charge in [0, 0.05) is 48.7 Å². The van der Waals surface area contributed by atoms with Gasteiger partial charge in [0.15, 0.2) is 0 Å². The van der Waals surface area contributed by atoms with Gasteiger partial charge in [-0.3, -0.25) is 9.36 Å². The zero-order valence-corrected chi connectivity index (χ0v) is 14.2. The van der Waals surface area contributed by atoms with Crippen LogP contribution in [0.3, 0.4) is 0 Å². The van der Waals surface area contributed by atoms with Crippen LogP contribution in [0, 0.1) is 0 Å². The van der Waals surface area contributed by atoms with Gasteiger partial charge in [-0.2, -0.15) is 10.2 Å². The van der Waals surface area contributed by atoms with Crippen LogP contribution in [0.5, 0.6) is 0 Å². The van der Waals surface area contributed by atoms with Gasteiger partial charge in [-0.05, 0) is 24.6 Å².